The molecule has 2 N–H and O–H groups in total. The van der Waals surface area contributed by atoms with Crippen molar-refractivity contribution in [3.8, 4) is 0 Å². The van der Waals surface area contributed by atoms with Gasteiger partial charge in [0.05, 0.1) is 17.7 Å². The summed E-state index contributed by atoms with van der Waals surface area (Å²) >= 11 is 5.87. The highest BCUT2D eigenvalue weighted by Crippen LogP contribution is 2.18. The van der Waals surface area contributed by atoms with Crippen LogP contribution in [0.4, 0.5) is 0 Å². The van der Waals surface area contributed by atoms with Crippen molar-refractivity contribution in [3.05, 3.63) is 41.0 Å². The Balaban J connectivity index is 2.33. The smallest absolute Gasteiger partial charge is 0.252 e. The van der Waals surface area contributed by atoms with Gasteiger partial charge in [-0.2, -0.15) is 0 Å². The fourth-order valence-corrected chi connectivity index (χ4v) is 1.68. The normalized spacial score (nSPS) is 10.5. The summed E-state index contributed by atoms with van der Waals surface area (Å²) in [6, 6.07) is 7.03. The summed E-state index contributed by atoms with van der Waals surface area (Å²) < 4.78 is 0. The highest BCUT2D eigenvalue weighted by atomic mass is 35.5. The fraction of sp³-hybridized carbons (Fsp3) is 0.167. The highest BCUT2D eigenvalue weighted by Gasteiger charge is 2.06. The number of rotatable bonds is 3. The Morgan fingerprint density at radius 1 is 1.41 bits per heavy atom. The molecule has 0 bridgehead atoms. The SMILES string of the molecule is O=C(NCCO)c1cnc2ccc(Cl)cc2c1. The summed E-state index contributed by atoms with van der Waals surface area (Å²) in [6.07, 6.45) is 1.50. The van der Waals surface area contributed by atoms with Gasteiger partial charge >= 0.3 is 0 Å². The number of hydrogen-bond donors (Lipinski definition) is 2. The third-order valence-corrected chi connectivity index (χ3v) is 2.54. The number of aliphatic hydroxyl groups excluding tert-OH is 1. The zero-order valence-electron chi connectivity index (χ0n) is 8.98. The van der Waals surface area contributed by atoms with E-state index in [1.165, 1.54) is 6.20 Å². The van der Waals surface area contributed by atoms with Crippen LogP contribution in [0.2, 0.25) is 5.02 Å². The molecule has 0 aliphatic rings. The molecule has 2 aromatic rings. The number of nitrogens with zero attached hydrogens (tertiary/aromatic N) is 1. The molecule has 4 nitrogen and oxygen atoms in total. The monoisotopic (exact) mass is 250 g/mol. The van der Waals surface area contributed by atoms with E-state index < -0.39 is 0 Å². The first kappa shape index (κ1) is 11.8. The average molecular weight is 251 g/mol. The second-order valence-corrected chi connectivity index (χ2v) is 3.98. The quantitative estimate of drug-likeness (QED) is 0.870. The van der Waals surface area contributed by atoms with Crippen LogP contribution in [0.1, 0.15) is 10.4 Å². The van der Waals surface area contributed by atoms with E-state index in [4.69, 9.17) is 16.7 Å². The average Bonchev–Trinajstić information content (AvgIpc) is 2.35. The predicted molar refractivity (Wildman–Crippen MR) is 66.2 cm³/mol. The number of carbonyl (C=O) groups excluding carboxylic acids is 1. The Bertz CT molecular complexity index is 557. The number of fused-ring (bicyclic) bond motifs is 1. The van der Waals surface area contributed by atoms with Crippen LogP contribution in [0.3, 0.4) is 0 Å². The molecular formula is C12H11ClN2O2. The lowest BCUT2D eigenvalue weighted by atomic mass is 10.1. The molecule has 1 amide bonds. The zero-order chi connectivity index (χ0) is 12.3. The molecule has 2 rings (SSSR count). The molecule has 0 radical (unpaired) electrons. The lowest BCUT2D eigenvalue weighted by Crippen LogP contribution is -2.26. The molecule has 88 valence electrons. The summed E-state index contributed by atoms with van der Waals surface area (Å²) in [7, 11) is 0. The third-order valence-electron chi connectivity index (χ3n) is 2.30. The topological polar surface area (TPSA) is 62.2 Å². The minimum atomic E-state index is -0.256. The second kappa shape index (κ2) is 5.12. The Hall–Kier alpha value is -1.65. The summed E-state index contributed by atoms with van der Waals surface area (Å²) in [6.45, 7) is 0.144. The van der Waals surface area contributed by atoms with E-state index in [-0.39, 0.29) is 19.1 Å². The van der Waals surface area contributed by atoms with Crippen molar-refractivity contribution in [1.82, 2.24) is 10.3 Å². The van der Waals surface area contributed by atoms with Gasteiger partial charge in [-0.1, -0.05) is 11.6 Å². The predicted octanol–water partition coefficient (Wildman–Crippen LogP) is 1.61. The van der Waals surface area contributed by atoms with Gasteiger partial charge in [0.1, 0.15) is 0 Å². The van der Waals surface area contributed by atoms with Crippen molar-refractivity contribution in [2.45, 2.75) is 0 Å². The number of carbonyl (C=O) groups is 1. The maximum atomic E-state index is 11.6. The van der Waals surface area contributed by atoms with Crippen LogP contribution in [-0.4, -0.2) is 29.1 Å². The Morgan fingerprint density at radius 3 is 3.00 bits per heavy atom. The van der Waals surface area contributed by atoms with Crippen molar-refractivity contribution in [2.24, 2.45) is 0 Å². The van der Waals surface area contributed by atoms with Crippen LogP contribution in [0, 0.1) is 0 Å². The number of nitrogens with one attached hydrogen (secondary N) is 1. The highest BCUT2D eigenvalue weighted by molar-refractivity contribution is 6.31. The van der Waals surface area contributed by atoms with Crippen LogP contribution in [0.25, 0.3) is 10.9 Å². The number of benzene rings is 1. The van der Waals surface area contributed by atoms with Crippen molar-refractivity contribution in [1.29, 1.82) is 0 Å². The molecule has 1 aromatic heterocycles. The van der Waals surface area contributed by atoms with Gasteiger partial charge in [0, 0.05) is 23.2 Å². The maximum Gasteiger partial charge on any atom is 0.252 e. The van der Waals surface area contributed by atoms with E-state index >= 15 is 0 Å². The first-order valence-corrected chi connectivity index (χ1v) is 5.53. The van der Waals surface area contributed by atoms with E-state index in [0.717, 1.165) is 10.9 Å². The van der Waals surface area contributed by atoms with Crippen LogP contribution in [0.5, 0.6) is 0 Å². The van der Waals surface area contributed by atoms with Gasteiger partial charge in [0.15, 0.2) is 0 Å². The Kier molecular flexibility index (Phi) is 3.56. The minimum absolute atomic E-state index is 0.0847. The van der Waals surface area contributed by atoms with Crippen molar-refractivity contribution in [3.63, 3.8) is 0 Å². The molecule has 0 saturated carbocycles. The van der Waals surface area contributed by atoms with Crippen LogP contribution in [0.15, 0.2) is 30.5 Å². The molecule has 1 aromatic carbocycles. The number of aliphatic hydroxyl groups is 1. The molecule has 0 fully saturated rings. The number of hydrogen-bond acceptors (Lipinski definition) is 3. The number of amides is 1. The summed E-state index contributed by atoms with van der Waals surface area (Å²) in [5.74, 6) is -0.256. The van der Waals surface area contributed by atoms with E-state index in [1.807, 2.05) is 0 Å². The van der Waals surface area contributed by atoms with Crippen LogP contribution < -0.4 is 5.32 Å². The number of pyridine rings is 1. The van der Waals surface area contributed by atoms with E-state index in [9.17, 15) is 4.79 Å². The minimum Gasteiger partial charge on any atom is -0.395 e. The number of halogens is 1. The lowest BCUT2D eigenvalue weighted by Gasteiger charge is -2.04. The fourth-order valence-electron chi connectivity index (χ4n) is 1.50. The lowest BCUT2D eigenvalue weighted by molar-refractivity contribution is 0.0944. The van der Waals surface area contributed by atoms with Gasteiger partial charge in [-0.05, 0) is 24.3 Å². The number of aromatic nitrogens is 1. The van der Waals surface area contributed by atoms with Gasteiger partial charge in [-0.3, -0.25) is 9.78 Å². The molecule has 0 saturated heterocycles. The van der Waals surface area contributed by atoms with Gasteiger partial charge < -0.3 is 10.4 Å². The standard InChI is InChI=1S/C12H11ClN2O2/c13-10-1-2-11-8(6-10)5-9(7-15-11)12(17)14-3-4-16/h1-2,5-7,16H,3-4H2,(H,14,17). The Labute approximate surface area is 103 Å². The Morgan fingerprint density at radius 2 is 2.24 bits per heavy atom. The molecule has 0 spiro atoms. The molecule has 17 heavy (non-hydrogen) atoms. The maximum absolute atomic E-state index is 11.6. The van der Waals surface area contributed by atoms with Crippen LogP contribution >= 0.6 is 11.6 Å². The van der Waals surface area contributed by atoms with Crippen molar-refractivity contribution in [2.75, 3.05) is 13.2 Å². The van der Waals surface area contributed by atoms with Crippen molar-refractivity contribution >= 4 is 28.4 Å². The molecule has 0 aliphatic heterocycles. The van der Waals surface area contributed by atoms with Gasteiger partial charge in [-0.15, -0.1) is 0 Å². The van der Waals surface area contributed by atoms with Crippen LogP contribution in [-0.2, 0) is 0 Å². The first-order chi connectivity index (χ1) is 8.20. The van der Waals surface area contributed by atoms with Gasteiger partial charge in [0.25, 0.3) is 5.91 Å². The summed E-state index contributed by atoms with van der Waals surface area (Å²) in [4.78, 5) is 15.8. The van der Waals surface area contributed by atoms with E-state index in [1.54, 1.807) is 24.3 Å². The molecule has 0 atom stereocenters. The summed E-state index contributed by atoms with van der Waals surface area (Å²) in [5.41, 5.74) is 1.24. The van der Waals surface area contributed by atoms with Crippen molar-refractivity contribution < 1.29 is 9.90 Å². The largest absolute Gasteiger partial charge is 0.395 e. The zero-order valence-corrected chi connectivity index (χ0v) is 9.74. The van der Waals surface area contributed by atoms with E-state index in [2.05, 4.69) is 10.3 Å². The molecule has 1 heterocycles. The second-order valence-electron chi connectivity index (χ2n) is 3.54. The third kappa shape index (κ3) is 2.72. The molecular weight excluding hydrogens is 240 g/mol. The van der Waals surface area contributed by atoms with E-state index in [0.29, 0.717) is 10.6 Å². The van der Waals surface area contributed by atoms with Gasteiger partial charge in [-0.25, -0.2) is 0 Å². The van der Waals surface area contributed by atoms with Gasteiger partial charge in [0.2, 0.25) is 0 Å². The molecule has 0 unspecified atom stereocenters. The molecule has 0 aliphatic carbocycles. The summed E-state index contributed by atoms with van der Waals surface area (Å²) in [5, 5.41) is 12.6. The first-order valence-electron chi connectivity index (χ1n) is 5.15. The molecule has 5 heteroatoms.